The van der Waals surface area contributed by atoms with E-state index in [1.54, 1.807) is 6.92 Å². The molecule has 30 heavy (non-hydrogen) atoms. The number of hydrogen-bond acceptors (Lipinski definition) is 10. The molecule has 1 aromatic heterocycles. The monoisotopic (exact) mass is 475 g/mol. The van der Waals surface area contributed by atoms with Gasteiger partial charge in [-0.05, 0) is 6.92 Å². The highest BCUT2D eigenvalue weighted by Gasteiger charge is 2.52. The van der Waals surface area contributed by atoms with Crippen LogP contribution in [0.4, 0.5) is 5.13 Å². The maximum absolute atomic E-state index is 12.8. The molecule has 3 rings (SSSR count). The topological polar surface area (TPSA) is 185 Å². The summed E-state index contributed by atoms with van der Waals surface area (Å²) in [4.78, 5) is 56.8. The third-order valence-corrected chi connectivity index (χ3v) is 6.58. The van der Waals surface area contributed by atoms with E-state index in [9.17, 15) is 24.3 Å². The van der Waals surface area contributed by atoms with Gasteiger partial charge < -0.3 is 31.0 Å². The van der Waals surface area contributed by atoms with Crippen molar-refractivity contribution in [3.63, 3.8) is 0 Å². The van der Waals surface area contributed by atoms with E-state index in [0.29, 0.717) is 0 Å². The van der Waals surface area contributed by atoms with Gasteiger partial charge in [-0.2, -0.15) is 0 Å². The van der Waals surface area contributed by atoms with Crippen molar-refractivity contribution in [3.05, 3.63) is 21.8 Å². The second kappa shape index (κ2) is 8.49. The lowest BCUT2D eigenvalue weighted by Crippen LogP contribution is -2.69. The molecule has 3 heterocycles. The van der Waals surface area contributed by atoms with Crippen LogP contribution in [0, 0.1) is 0 Å². The number of carbonyl (C=O) groups excluding carboxylic acids is 2. The van der Waals surface area contributed by atoms with E-state index < -0.39 is 52.7 Å². The summed E-state index contributed by atoms with van der Waals surface area (Å²) in [6, 6.07) is -0.962. The Morgan fingerprint density at radius 1 is 1.43 bits per heavy atom. The van der Waals surface area contributed by atoms with Crippen molar-refractivity contribution in [1.82, 2.24) is 15.2 Å². The molecule has 0 spiro atoms. The van der Waals surface area contributed by atoms with Crippen LogP contribution in [-0.4, -0.2) is 72.8 Å². The number of fused-ring (bicyclic) bond motifs is 1. The van der Waals surface area contributed by atoms with Crippen LogP contribution in [0.5, 0.6) is 0 Å². The largest absolute Gasteiger partial charge is 0.479 e. The summed E-state index contributed by atoms with van der Waals surface area (Å²) in [7, 11) is 0. The second-order valence-electron chi connectivity index (χ2n) is 6.04. The fraction of sp³-hybridized carbons (Fsp3) is 0.333. The molecule has 1 aromatic rings. The maximum Gasteiger partial charge on any atom is 0.344 e. The van der Waals surface area contributed by atoms with Crippen molar-refractivity contribution in [2.45, 2.75) is 23.6 Å². The van der Waals surface area contributed by atoms with Crippen LogP contribution in [0.1, 0.15) is 12.6 Å². The lowest BCUT2D eigenvalue weighted by molar-refractivity contribution is -0.144. The van der Waals surface area contributed by atoms with Gasteiger partial charge >= 0.3 is 11.9 Å². The van der Waals surface area contributed by atoms with Crippen molar-refractivity contribution in [2.24, 2.45) is 5.16 Å². The first-order chi connectivity index (χ1) is 14.1. The van der Waals surface area contributed by atoms with E-state index in [4.69, 9.17) is 22.4 Å². The van der Waals surface area contributed by atoms with E-state index in [2.05, 4.69) is 20.3 Å². The Morgan fingerprint density at radius 2 is 2.13 bits per heavy atom. The van der Waals surface area contributed by atoms with Gasteiger partial charge in [-0.25, -0.2) is 14.6 Å². The third kappa shape index (κ3) is 4.20. The molecule has 2 unspecified atom stereocenters. The first-order valence-corrected chi connectivity index (χ1v) is 10.3. The second-order valence-corrected chi connectivity index (χ2v) is 9.13. The molecule has 5 N–H and O–H groups in total. The SMILES string of the molecule is CC1S[C@@H]2C(NC(=O)C(=NOCC(=O)O)c3nc(N)sc3Cl)C(=O)N2C=C1C(=O)O. The standard InChI is InChI=1S/C15H14ClN5O7S2/c1-4-5(14(26)27)2-21-12(25)9(13(21)29-4)18-11(24)8(20-28-3-6(22)23)7-10(16)30-15(17)19-7/h2,4,9,13H,3H2,1H3,(H2,17,19)(H,18,24)(H,22,23)(H,26,27)/t4?,9?,13-/m1/s1. The molecule has 2 amide bonds. The van der Waals surface area contributed by atoms with Crippen LogP contribution in [0.3, 0.4) is 0 Å². The fourth-order valence-electron chi connectivity index (χ4n) is 2.68. The van der Waals surface area contributed by atoms with Crippen LogP contribution in [0.15, 0.2) is 16.9 Å². The van der Waals surface area contributed by atoms with E-state index in [-0.39, 0.29) is 20.7 Å². The highest BCUT2D eigenvalue weighted by molar-refractivity contribution is 8.00. The number of aromatic nitrogens is 1. The summed E-state index contributed by atoms with van der Waals surface area (Å²) in [5, 5.41) is 23.0. The number of amides is 2. The number of aliphatic carboxylic acids is 2. The van der Waals surface area contributed by atoms with Gasteiger partial charge in [0.25, 0.3) is 11.8 Å². The molecule has 12 nitrogen and oxygen atoms in total. The number of rotatable bonds is 7. The molecule has 0 bridgehead atoms. The van der Waals surface area contributed by atoms with Crippen LogP contribution < -0.4 is 11.1 Å². The predicted octanol–water partition coefficient (Wildman–Crippen LogP) is -0.0591. The quantitative estimate of drug-likeness (QED) is 0.236. The zero-order valence-electron chi connectivity index (χ0n) is 15.1. The van der Waals surface area contributed by atoms with Gasteiger partial charge in [-0.15, -0.1) is 11.8 Å². The summed E-state index contributed by atoms with van der Waals surface area (Å²) in [6.45, 7) is 0.858. The Bertz CT molecular complexity index is 994. The molecule has 3 atom stereocenters. The van der Waals surface area contributed by atoms with E-state index in [1.807, 2.05) is 0 Å². The molecule has 160 valence electrons. The third-order valence-electron chi connectivity index (χ3n) is 4.06. The first kappa shape index (κ1) is 21.9. The van der Waals surface area contributed by atoms with Crippen molar-refractivity contribution in [3.8, 4) is 0 Å². The summed E-state index contributed by atoms with van der Waals surface area (Å²) in [5.74, 6) is -3.84. The fourth-order valence-corrected chi connectivity index (χ4v) is 4.98. The predicted molar refractivity (Wildman–Crippen MR) is 107 cm³/mol. The molecular formula is C15H14ClN5O7S2. The van der Waals surface area contributed by atoms with Gasteiger partial charge in [0.05, 0.1) is 5.57 Å². The number of nitrogen functional groups attached to an aromatic ring is 1. The number of carboxylic acid groups (broad SMARTS) is 2. The first-order valence-electron chi connectivity index (χ1n) is 8.17. The summed E-state index contributed by atoms with van der Waals surface area (Å²) in [6.07, 6.45) is 1.25. The average Bonchev–Trinajstić information content (AvgIpc) is 3.00. The van der Waals surface area contributed by atoms with Gasteiger partial charge in [0.2, 0.25) is 6.61 Å². The number of carbonyl (C=O) groups is 4. The lowest BCUT2D eigenvalue weighted by atomic mass is 10.1. The number of nitrogens with one attached hydrogen (secondary N) is 1. The number of thioether (sulfide) groups is 1. The number of halogens is 1. The number of anilines is 1. The van der Waals surface area contributed by atoms with Crippen LogP contribution >= 0.6 is 34.7 Å². The lowest BCUT2D eigenvalue weighted by Gasteiger charge is -2.48. The molecule has 2 aliphatic rings. The molecule has 0 radical (unpaired) electrons. The van der Waals surface area contributed by atoms with Crippen molar-refractivity contribution in [1.29, 1.82) is 0 Å². The van der Waals surface area contributed by atoms with Gasteiger partial charge in [-0.1, -0.05) is 28.1 Å². The van der Waals surface area contributed by atoms with Gasteiger partial charge in [0.1, 0.15) is 21.4 Å². The summed E-state index contributed by atoms with van der Waals surface area (Å²) >= 11 is 8.08. The van der Waals surface area contributed by atoms with Gasteiger partial charge in [0.15, 0.2) is 10.8 Å². The highest BCUT2D eigenvalue weighted by atomic mass is 35.5. The zero-order chi connectivity index (χ0) is 22.2. The van der Waals surface area contributed by atoms with Crippen molar-refractivity contribution < 1.29 is 34.2 Å². The minimum atomic E-state index is -1.32. The average molecular weight is 476 g/mol. The Kier molecular flexibility index (Phi) is 6.19. The van der Waals surface area contributed by atoms with Gasteiger partial charge in [-0.3, -0.25) is 9.59 Å². The minimum absolute atomic E-state index is 0.0246. The van der Waals surface area contributed by atoms with Crippen LogP contribution in [-0.2, 0) is 24.0 Å². The van der Waals surface area contributed by atoms with Crippen molar-refractivity contribution in [2.75, 3.05) is 12.3 Å². The normalized spacial score (nSPS) is 23.2. The van der Waals surface area contributed by atoms with Gasteiger partial charge in [0, 0.05) is 11.4 Å². The molecular weight excluding hydrogens is 462 g/mol. The summed E-state index contributed by atoms with van der Waals surface area (Å²) < 4.78 is 0.0246. The molecule has 2 aliphatic heterocycles. The molecule has 0 saturated carbocycles. The molecule has 15 heteroatoms. The maximum atomic E-state index is 12.8. The number of β-lactam (4-membered cyclic amide) rings is 1. The van der Waals surface area contributed by atoms with Crippen molar-refractivity contribution >= 4 is 69.3 Å². The number of hydrogen-bond donors (Lipinski definition) is 4. The molecule has 1 saturated heterocycles. The van der Waals surface area contributed by atoms with E-state index in [1.165, 1.54) is 22.9 Å². The number of oxime groups is 1. The smallest absolute Gasteiger partial charge is 0.344 e. The van der Waals surface area contributed by atoms with Crippen LogP contribution in [0.2, 0.25) is 4.34 Å². The Morgan fingerprint density at radius 3 is 2.70 bits per heavy atom. The molecule has 1 fully saturated rings. The molecule has 0 aromatic carbocycles. The number of nitrogens with zero attached hydrogens (tertiary/aromatic N) is 3. The van der Waals surface area contributed by atoms with E-state index >= 15 is 0 Å². The van der Waals surface area contributed by atoms with Crippen LogP contribution in [0.25, 0.3) is 0 Å². The minimum Gasteiger partial charge on any atom is -0.479 e. The number of carboxylic acids is 2. The Labute approximate surface area is 181 Å². The molecule has 0 aliphatic carbocycles. The number of nitrogens with two attached hydrogens (primary N) is 1. The summed E-state index contributed by atoms with van der Waals surface area (Å²) in [5.41, 5.74) is 5.08. The Hall–Kier alpha value is -2.84. The zero-order valence-corrected chi connectivity index (χ0v) is 17.5. The van der Waals surface area contributed by atoms with E-state index in [0.717, 1.165) is 11.3 Å². The number of thiazole rings is 1. The highest BCUT2D eigenvalue weighted by Crippen LogP contribution is 2.40. The Balaban J connectivity index is 1.80.